The molecule has 2 heterocycles. The molecule has 0 saturated heterocycles. The second-order valence-electron chi connectivity index (χ2n) is 4.46. The molecule has 112 valence electrons. The normalized spacial score (nSPS) is 11.4. The van der Waals surface area contributed by atoms with Crippen LogP contribution < -0.4 is 4.74 Å². The Balaban J connectivity index is 1.79. The van der Waals surface area contributed by atoms with Crippen molar-refractivity contribution in [1.82, 2.24) is 4.98 Å². The van der Waals surface area contributed by atoms with Crippen molar-refractivity contribution in [1.29, 1.82) is 0 Å². The molecule has 0 saturated carbocycles. The van der Waals surface area contributed by atoms with Crippen molar-refractivity contribution in [2.75, 3.05) is 0 Å². The third-order valence-electron chi connectivity index (χ3n) is 2.90. The first-order valence-electron chi connectivity index (χ1n) is 6.38. The maximum Gasteiger partial charge on any atom is 0.433 e. The number of pyridine rings is 1. The summed E-state index contributed by atoms with van der Waals surface area (Å²) in [5, 5.41) is 0. The van der Waals surface area contributed by atoms with E-state index in [0.717, 1.165) is 11.6 Å². The zero-order valence-corrected chi connectivity index (χ0v) is 11.2. The molecule has 0 N–H and O–H groups in total. The first kappa shape index (κ1) is 14.2. The summed E-state index contributed by atoms with van der Waals surface area (Å²) < 4.78 is 48.4. The highest BCUT2D eigenvalue weighted by Crippen LogP contribution is 2.30. The van der Waals surface area contributed by atoms with Gasteiger partial charge in [0.05, 0.1) is 6.26 Å². The molecule has 22 heavy (non-hydrogen) atoms. The summed E-state index contributed by atoms with van der Waals surface area (Å²) in [6.45, 7) is 0. The molecule has 0 fully saturated rings. The van der Waals surface area contributed by atoms with Crippen molar-refractivity contribution in [3.8, 4) is 23.0 Å². The Morgan fingerprint density at radius 2 is 1.68 bits per heavy atom. The van der Waals surface area contributed by atoms with E-state index in [1.807, 2.05) is 6.07 Å². The van der Waals surface area contributed by atoms with Gasteiger partial charge < -0.3 is 9.15 Å². The van der Waals surface area contributed by atoms with E-state index in [0.29, 0.717) is 11.5 Å². The number of benzene rings is 1. The predicted molar refractivity (Wildman–Crippen MR) is 73.5 cm³/mol. The summed E-state index contributed by atoms with van der Waals surface area (Å²) >= 11 is 0. The summed E-state index contributed by atoms with van der Waals surface area (Å²) in [5.41, 5.74) is -0.147. The summed E-state index contributed by atoms with van der Waals surface area (Å²) in [6, 6.07) is 13.9. The van der Waals surface area contributed by atoms with Gasteiger partial charge in [-0.15, -0.1) is 0 Å². The average Bonchev–Trinajstić information content (AvgIpc) is 3.02. The van der Waals surface area contributed by atoms with E-state index in [9.17, 15) is 13.2 Å². The van der Waals surface area contributed by atoms with Crippen molar-refractivity contribution in [3.05, 3.63) is 66.6 Å². The Morgan fingerprint density at radius 3 is 2.32 bits per heavy atom. The number of hydrogen-bond donors (Lipinski definition) is 0. The number of nitrogens with zero attached hydrogens (tertiary/aromatic N) is 1. The Morgan fingerprint density at radius 1 is 0.909 bits per heavy atom. The van der Waals surface area contributed by atoms with Crippen LogP contribution in [0.25, 0.3) is 11.3 Å². The Labute approximate surface area is 124 Å². The van der Waals surface area contributed by atoms with Gasteiger partial charge in [0.25, 0.3) is 0 Å². The van der Waals surface area contributed by atoms with E-state index in [4.69, 9.17) is 9.15 Å². The topological polar surface area (TPSA) is 35.3 Å². The zero-order chi connectivity index (χ0) is 15.6. The number of halogens is 3. The lowest BCUT2D eigenvalue weighted by atomic mass is 10.2. The second kappa shape index (κ2) is 5.55. The first-order valence-corrected chi connectivity index (χ1v) is 6.38. The van der Waals surface area contributed by atoms with E-state index in [1.165, 1.54) is 12.1 Å². The molecule has 0 aliphatic rings. The van der Waals surface area contributed by atoms with Crippen molar-refractivity contribution in [3.63, 3.8) is 0 Å². The molecule has 3 aromatic rings. The van der Waals surface area contributed by atoms with E-state index in [1.54, 1.807) is 36.6 Å². The maximum atomic E-state index is 12.6. The molecule has 2 aromatic heterocycles. The zero-order valence-electron chi connectivity index (χ0n) is 11.2. The van der Waals surface area contributed by atoms with E-state index < -0.39 is 11.9 Å². The Kier molecular flexibility index (Phi) is 3.58. The lowest BCUT2D eigenvalue weighted by Gasteiger charge is -2.09. The van der Waals surface area contributed by atoms with E-state index >= 15 is 0 Å². The van der Waals surface area contributed by atoms with Crippen LogP contribution in [0.15, 0.2) is 65.3 Å². The van der Waals surface area contributed by atoms with Crippen molar-refractivity contribution < 1.29 is 22.3 Å². The van der Waals surface area contributed by atoms with Crippen LogP contribution in [0.5, 0.6) is 11.6 Å². The largest absolute Gasteiger partial charge is 0.464 e. The van der Waals surface area contributed by atoms with Crippen LogP contribution in [0.4, 0.5) is 13.2 Å². The lowest BCUT2D eigenvalue weighted by molar-refractivity contribution is -0.141. The number of ether oxygens (including phenoxy) is 1. The van der Waals surface area contributed by atoms with Crippen molar-refractivity contribution in [2.24, 2.45) is 0 Å². The van der Waals surface area contributed by atoms with Gasteiger partial charge in [-0.25, -0.2) is 4.98 Å². The fourth-order valence-corrected chi connectivity index (χ4v) is 1.88. The molecule has 0 spiro atoms. The molecule has 0 aliphatic heterocycles. The SMILES string of the molecule is FC(F)(F)c1cccc(Oc2ccc(-c3ccco3)cc2)n1. The maximum absolute atomic E-state index is 12.6. The van der Waals surface area contributed by atoms with Gasteiger partial charge in [-0.05, 0) is 42.5 Å². The highest BCUT2D eigenvalue weighted by atomic mass is 19.4. The Hall–Kier alpha value is -2.76. The third kappa shape index (κ3) is 3.11. The molecule has 0 atom stereocenters. The first-order chi connectivity index (χ1) is 10.5. The highest BCUT2D eigenvalue weighted by molar-refractivity contribution is 5.58. The standard InChI is InChI=1S/C16H10F3NO2/c17-16(18,19)14-4-1-5-15(20-14)22-12-8-6-11(7-9-12)13-3-2-10-21-13/h1-10H. The summed E-state index contributed by atoms with van der Waals surface area (Å²) in [6.07, 6.45) is -2.94. The van der Waals surface area contributed by atoms with Crippen molar-refractivity contribution >= 4 is 0 Å². The van der Waals surface area contributed by atoms with Gasteiger partial charge in [0.15, 0.2) is 0 Å². The van der Waals surface area contributed by atoms with Crippen LogP contribution in [0.1, 0.15) is 5.69 Å². The van der Waals surface area contributed by atoms with Gasteiger partial charge >= 0.3 is 6.18 Å². The second-order valence-corrected chi connectivity index (χ2v) is 4.46. The van der Waals surface area contributed by atoms with E-state index in [-0.39, 0.29) is 5.88 Å². The molecule has 1 aromatic carbocycles. The molecule has 0 amide bonds. The predicted octanol–water partition coefficient (Wildman–Crippen LogP) is 5.15. The van der Waals surface area contributed by atoms with Gasteiger partial charge in [-0.1, -0.05) is 6.07 Å². The molecular weight excluding hydrogens is 295 g/mol. The number of furan rings is 1. The van der Waals surface area contributed by atoms with Gasteiger partial charge in [0, 0.05) is 11.6 Å². The molecular formula is C16H10F3NO2. The van der Waals surface area contributed by atoms with Crippen LogP contribution in [-0.2, 0) is 6.18 Å². The molecule has 0 unspecified atom stereocenters. The molecule has 3 rings (SSSR count). The number of hydrogen-bond acceptors (Lipinski definition) is 3. The lowest BCUT2D eigenvalue weighted by Crippen LogP contribution is -2.07. The van der Waals surface area contributed by atoms with Gasteiger partial charge in [0.1, 0.15) is 17.2 Å². The minimum atomic E-state index is -4.50. The average molecular weight is 305 g/mol. The molecule has 3 nitrogen and oxygen atoms in total. The van der Waals surface area contributed by atoms with Gasteiger partial charge in [-0.3, -0.25) is 0 Å². The van der Waals surface area contributed by atoms with Crippen LogP contribution in [0.3, 0.4) is 0 Å². The number of rotatable bonds is 3. The van der Waals surface area contributed by atoms with Gasteiger partial charge in [0.2, 0.25) is 5.88 Å². The number of aromatic nitrogens is 1. The minimum Gasteiger partial charge on any atom is -0.464 e. The van der Waals surface area contributed by atoms with E-state index in [2.05, 4.69) is 4.98 Å². The van der Waals surface area contributed by atoms with Gasteiger partial charge in [-0.2, -0.15) is 13.2 Å². The molecule has 0 aliphatic carbocycles. The highest BCUT2D eigenvalue weighted by Gasteiger charge is 2.32. The van der Waals surface area contributed by atoms with Crippen LogP contribution in [0, 0.1) is 0 Å². The third-order valence-corrected chi connectivity index (χ3v) is 2.90. The summed E-state index contributed by atoms with van der Waals surface area (Å²) in [5.74, 6) is 0.978. The molecule has 6 heteroatoms. The summed E-state index contributed by atoms with van der Waals surface area (Å²) in [4.78, 5) is 3.45. The number of alkyl halides is 3. The van der Waals surface area contributed by atoms with Crippen LogP contribution in [0.2, 0.25) is 0 Å². The molecule has 0 radical (unpaired) electrons. The quantitative estimate of drug-likeness (QED) is 0.671. The molecule has 0 bridgehead atoms. The Bertz CT molecular complexity index is 750. The summed E-state index contributed by atoms with van der Waals surface area (Å²) in [7, 11) is 0. The smallest absolute Gasteiger partial charge is 0.433 e. The van der Waals surface area contributed by atoms with Crippen LogP contribution in [-0.4, -0.2) is 4.98 Å². The fraction of sp³-hybridized carbons (Fsp3) is 0.0625. The monoisotopic (exact) mass is 305 g/mol. The fourth-order valence-electron chi connectivity index (χ4n) is 1.88. The van der Waals surface area contributed by atoms with Crippen LogP contribution >= 0.6 is 0 Å². The minimum absolute atomic E-state index is 0.111. The van der Waals surface area contributed by atoms with Crippen molar-refractivity contribution in [2.45, 2.75) is 6.18 Å².